The quantitative estimate of drug-likeness (QED) is 0.805. The van der Waals surface area contributed by atoms with Crippen LogP contribution in [0, 0.1) is 11.6 Å². The van der Waals surface area contributed by atoms with E-state index in [0.717, 1.165) is 17.8 Å². The lowest BCUT2D eigenvalue weighted by molar-refractivity contribution is 0.565. The van der Waals surface area contributed by atoms with Gasteiger partial charge in [0.2, 0.25) is 0 Å². The van der Waals surface area contributed by atoms with Gasteiger partial charge in [-0.3, -0.25) is 0 Å². The maximum atomic E-state index is 13.8. The number of nitrogens with zero attached hydrogens (tertiary/aromatic N) is 4. The predicted octanol–water partition coefficient (Wildman–Crippen LogP) is 2.86. The third-order valence-corrected chi connectivity index (χ3v) is 3.96. The summed E-state index contributed by atoms with van der Waals surface area (Å²) in [5, 5.41) is 5.44. The number of hydrogen-bond donors (Lipinski definition) is 1. The number of fused-ring (bicyclic) bond motifs is 1. The van der Waals surface area contributed by atoms with Gasteiger partial charge >= 0.3 is 0 Å². The lowest BCUT2D eigenvalue weighted by atomic mass is 10.3. The van der Waals surface area contributed by atoms with Gasteiger partial charge in [-0.15, -0.1) is 0 Å². The molecule has 0 aliphatic carbocycles. The average Bonchev–Trinajstić information content (AvgIpc) is 2.81. The summed E-state index contributed by atoms with van der Waals surface area (Å²) < 4.78 is 28.4. The predicted molar refractivity (Wildman–Crippen MR) is 75.9 cm³/mol. The van der Waals surface area contributed by atoms with Gasteiger partial charge in [0.25, 0.3) is 0 Å². The molecule has 3 aromatic rings. The molecule has 1 aromatic carbocycles. The van der Waals surface area contributed by atoms with Crippen molar-refractivity contribution in [2.45, 2.75) is 23.4 Å². The smallest absolute Gasteiger partial charge is 0.164 e. The minimum absolute atomic E-state index is 0.266. The van der Waals surface area contributed by atoms with Crippen LogP contribution in [-0.2, 0) is 6.54 Å². The summed E-state index contributed by atoms with van der Waals surface area (Å²) in [6, 6.07) is 3.40. The Bertz CT molecular complexity index is 818. The number of nitrogen functional groups attached to an aromatic ring is 1. The van der Waals surface area contributed by atoms with Crippen molar-refractivity contribution in [1.29, 1.82) is 0 Å². The Morgan fingerprint density at radius 3 is 2.81 bits per heavy atom. The number of rotatable bonds is 3. The van der Waals surface area contributed by atoms with Crippen LogP contribution in [0.15, 0.2) is 34.4 Å². The van der Waals surface area contributed by atoms with Crippen LogP contribution < -0.4 is 5.73 Å². The number of hydrogen-bond acceptors (Lipinski definition) is 5. The maximum absolute atomic E-state index is 13.8. The second kappa shape index (κ2) is 5.28. The fourth-order valence-corrected chi connectivity index (χ4v) is 2.89. The Morgan fingerprint density at radius 2 is 2.10 bits per heavy atom. The molecule has 2 N–H and O–H groups in total. The van der Waals surface area contributed by atoms with Gasteiger partial charge < -0.3 is 5.73 Å². The molecule has 5 nitrogen and oxygen atoms in total. The number of halogens is 2. The molecule has 0 bridgehead atoms. The number of aromatic nitrogens is 4. The molecule has 8 heteroatoms. The normalized spacial score (nSPS) is 11.2. The van der Waals surface area contributed by atoms with E-state index in [-0.39, 0.29) is 10.7 Å². The van der Waals surface area contributed by atoms with Gasteiger partial charge in [-0.2, -0.15) is 5.10 Å². The van der Waals surface area contributed by atoms with Gasteiger partial charge in [-0.1, -0.05) is 11.8 Å². The van der Waals surface area contributed by atoms with Crippen molar-refractivity contribution in [3.05, 3.63) is 36.2 Å². The fourth-order valence-electron chi connectivity index (χ4n) is 1.95. The highest BCUT2D eigenvalue weighted by atomic mass is 32.2. The van der Waals surface area contributed by atoms with Crippen molar-refractivity contribution in [2.75, 3.05) is 5.73 Å². The van der Waals surface area contributed by atoms with Gasteiger partial charge in [0, 0.05) is 17.5 Å². The molecule has 2 aromatic heterocycles. The molecule has 0 radical (unpaired) electrons. The highest BCUT2D eigenvalue weighted by Gasteiger charge is 2.17. The molecule has 0 aliphatic heterocycles. The maximum Gasteiger partial charge on any atom is 0.164 e. The van der Waals surface area contributed by atoms with Crippen molar-refractivity contribution in [3.8, 4) is 0 Å². The van der Waals surface area contributed by atoms with Crippen LogP contribution in [0.4, 0.5) is 14.6 Å². The zero-order valence-electron chi connectivity index (χ0n) is 11.0. The first-order chi connectivity index (χ1) is 10.1. The van der Waals surface area contributed by atoms with Crippen LogP contribution in [0.1, 0.15) is 6.92 Å². The number of benzene rings is 1. The van der Waals surface area contributed by atoms with Crippen LogP contribution in [0.5, 0.6) is 0 Å². The van der Waals surface area contributed by atoms with Gasteiger partial charge in [-0.05, 0) is 19.1 Å². The van der Waals surface area contributed by atoms with Gasteiger partial charge in [0.05, 0.1) is 5.39 Å². The first kappa shape index (κ1) is 13.7. The monoisotopic (exact) mass is 307 g/mol. The average molecular weight is 307 g/mol. The molecule has 0 unspecified atom stereocenters. The molecular weight excluding hydrogens is 296 g/mol. The van der Waals surface area contributed by atoms with Crippen LogP contribution >= 0.6 is 11.8 Å². The topological polar surface area (TPSA) is 69.6 Å². The fraction of sp³-hybridized carbons (Fsp3) is 0.154. The molecule has 3 rings (SSSR count). The third kappa shape index (κ3) is 2.42. The summed E-state index contributed by atoms with van der Waals surface area (Å²) in [7, 11) is 0. The van der Waals surface area contributed by atoms with E-state index >= 15 is 0 Å². The highest BCUT2D eigenvalue weighted by molar-refractivity contribution is 7.99. The first-order valence-corrected chi connectivity index (χ1v) is 7.01. The SMILES string of the molecule is CCn1nc(Sc2ccc(F)cc2F)c2c(N)ncnc21. The van der Waals surface area contributed by atoms with Crippen molar-refractivity contribution in [3.63, 3.8) is 0 Å². The van der Waals surface area contributed by atoms with E-state index in [1.165, 1.54) is 18.5 Å². The summed E-state index contributed by atoms with van der Waals surface area (Å²) in [6.07, 6.45) is 1.36. The van der Waals surface area contributed by atoms with E-state index in [1.807, 2.05) is 6.92 Å². The van der Waals surface area contributed by atoms with E-state index < -0.39 is 11.6 Å². The first-order valence-electron chi connectivity index (χ1n) is 6.20. The van der Waals surface area contributed by atoms with E-state index in [2.05, 4.69) is 15.1 Å². The van der Waals surface area contributed by atoms with Crippen molar-refractivity contribution >= 4 is 28.6 Å². The summed E-state index contributed by atoms with van der Waals surface area (Å²) in [6.45, 7) is 2.51. The molecule has 21 heavy (non-hydrogen) atoms. The third-order valence-electron chi connectivity index (χ3n) is 2.93. The Morgan fingerprint density at radius 1 is 1.29 bits per heavy atom. The van der Waals surface area contributed by atoms with Crippen molar-refractivity contribution < 1.29 is 8.78 Å². The molecule has 2 heterocycles. The molecule has 0 saturated carbocycles. The van der Waals surface area contributed by atoms with Gasteiger partial charge in [0.1, 0.15) is 28.8 Å². The van der Waals surface area contributed by atoms with Crippen molar-refractivity contribution in [1.82, 2.24) is 19.7 Å². The van der Waals surface area contributed by atoms with Crippen LogP contribution in [0.2, 0.25) is 0 Å². The molecule has 0 amide bonds. The molecule has 0 saturated heterocycles. The zero-order chi connectivity index (χ0) is 15.0. The van der Waals surface area contributed by atoms with Crippen LogP contribution in [-0.4, -0.2) is 19.7 Å². The lowest BCUT2D eigenvalue weighted by Gasteiger charge is -2.01. The van der Waals surface area contributed by atoms with E-state index in [4.69, 9.17) is 5.73 Å². The number of anilines is 1. The minimum Gasteiger partial charge on any atom is -0.383 e. The number of nitrogens with two attached hydrogens (primary N) is 1. The van der Waals surface area contributed by atoms with E-state index in [0.29, 0.717) is 22.6 Å². The Kier molecular flexibility index (Phi) is 3.46. The molecule has 108 valence electrons. The summed E-state index contributed by atoms with van der Waals surface area (Å²) in [4.78, 5) is 8.36. The molecule has 0 atom stereocenters. The van der Waals surface area contributed by atoms with Crippen LogP contribution in [0.25, 0.3) is 11.0 Å². The van der Waals surface area contributed by atoms with Gasteiger partial charge in [-0.25, -0.2) is 23.4 Å². The molecule has 0 aliphatic rings. The van der Waals surface area contributed by atoms with Crippen molar-refractivity contribution in [2.24, 2.45) is 0 Å². The Hall–Kier alpha value is -2.22. The largest absolute Gasteiger partial charge is 0.383 e. The second-order valence-electron chi connectivity index (χ2n) is 4.26. The molecule has 0 spiro atoms. The second-order valence-corrected chi connectivity index (χ2v) is 5.29. The van der Waals surface area contributed by atoms with Gasteiger partial charge in [0.15, 0.2) is 5.65 Å². The lowest BCUT2D eigenvalue weighted by Crippen LogP contribution is -1.98. The Labute approximate surface area is 123 Å². The number of aryl methyl sites for hydroxylation is 1. The van der Waals surface area contributed by atoms with Crippen LogP contribution in [0.3, 0.4) is 0 Å². The summed E-state index contributed by atoms with van der Waals surface area (Å²) >= 11 is 1.07. The molecular formula is C13H11F2N5S. The highest BCUT2D eigenvalue weighted by Crippen LogP contribution is 2.35. The Balaban J connectivity index is 2.12. The summed E-state index contributed by atoms with van der Waals surface area (Å²) in [5.41, 5.74) is 6.46. The van der Waals surface area contributed by atoms with E-state index in [1.54, 1.807) is 4.68 Å². The standard InChI is InChI=1S/C13H11F2N5S/c1-2-20-12-10(11(16)17-6-18-12)13(19-20)21-9-4-3-7(14)5-8(9)15/h3-6H,2H2,1H3,(H2,16,17,18). The zero-order valence-corrected chi connectivity index (χ0v) is 11.9. The summed E-state index contributed by atoms with van der Waals surface area (Å²) in [5.74, 6) is -0.983. The molecule has 0 fully saturated rings. The van der Waals surface area contributed by atoms with E-state index in [9.17, 15) is 8.78 Å². The minimum atomic E-state index is -0.644.